The fourth-order valence-corrected chi connectivity index (χ4v) is 2.98. The number of benzene rings is 2. The Bertz CT molecular complexity index is 884. The van der Waals surface area contributed by atoms with Crippen molar-refractivity contribution in [2.75, 3.05) is 24.5 Å². The summed E-state index contributed by atoms with van der Waals surface area (Å²) in [5.41, 5.74) is 0.0622. The summed E-state index contributed by atoms with van der Waals surface area (Å²) in [7, 11) is 0. The highest BCUT2D eigenvalue weighted by molar-refractivity contribution is 5.71. The number of hydrogen-bond donors (Lipinski definition) is 0. The van der Waals surface area contributed by atoms with Gasteiger partial charge in [-0.05, 0) is 19.1 Å². The number of rotatable bonds is 3. The van der Waals surface area contributed by atoms with Crippen LogP contribution in [0.25, 0.3) is 0 Å². The molecule has 2 aromatic carbocycles. The van der Waals surface area contributed by atoms with Crippen molar-refractivity contribution in [1.82, 2.24) is 4.90 Å². The molecule has 0 N–H and O–H groups in total. The lowest BCUT2D eigenvalue weighted by Crippen LogP contribution is -2.54. The maximum absolute atomic E-state index is 13.4. The number of non-ortho nitro benzene ring substituents is 1. The van der Waals surface area contributed by atoms with E-state index in [1.54, 1.807) is 11.8 Å². The number of piperazine rings is 1. The van der Waals surface area contributed by atoms with Crippen molar-refractivity contribution in [2.24, 2.45) is 0 Å². The molecule has 2 aromatic rings. The SMILES string of the molecule is C[C@@H]1CN(c2cc(F)c(F)c(F)c2)CCN1C(=O)Oc1ccc([N+](=O)[O-])cc1. The lowest BCUT2D eigenvalue weighted by Gasteiger charge is -2.40. The Hall–Kier alpha value is -3.30. The zero-order valence-corrected chi connectivity index (χ0v) is 14.8. The highest BCUT2D eigenvalue weighted by Gasteiger charge is 2.30. The van der Waals surface area contributed by atoms with E-state index in [4.69, 9.17) is 4.74 Å². The first kappa shape index (κ1) is 19.5. The van der Waals surface area contributed by atoms with Crippen LogP contribution in [0, 0.1) is 27.6 Å². The van der Waals surface area contributed by atoms with Crippen molar-refractivity contribution in [3.63, 3.8) is 0 Å². The number of nitrogens with zero attached hydrogens (tertiary/aromatic N) is 3. The van der Waals surface area contributed by atoms with Gasteiger partial charge in [-0.15, -0.1) is 0 Å². The van der Waals surface area contributed by atoms with Crippen LogP contribution in [0.3, 0.4) is 0 Å². The zero-order chi connectivity index (χ0) is 20.4. The molecule has 1 fully saturated rings. The molecule has 0 spiro atoms. The van der Waals surface area contributed by atoms with Gasteiger partial charge in [0, 0.05) is 55.6 Å². The first-order valence-electron chi connectivity index (χ1n) is 8.38. The Balaban J connectivity index is 1.65. The molecule has 1 saturated heterocycles. The second-order valence-electron chi connectivity index (χ2n) is 6.33. The van der Waals surface area contributed by atoms with E-state index in [0.717, 1.165) is 12.1 Å². The topological polar surface area (TPSA) is 75.9 Å². The predicted molar refractivity (Wildman–Crippen MR) is 93.8 cm³/mol. The quantitative estimate of drug-likeness (QED) is 0.450. The number of carbonyl (C=O) groups excluding carboxylic acids is 1. The molecule has 1 heterocycles. The van der Waals surface area contributed by atoms with Crippen LogP contribution in [-0.4, -0.2) is 41.6 Å². The van der Waals surface area contributed by atoms with Crippen LogP contribution in [0.15, 0.2) is 36.4 Å². The average Bonchev–Trinajstić information content (AvgIpc) is 2.65. The van der Waals surface area contributed by atoms with Gasteiger partial charge in [0.05, 0.1) is 4.92 Å². The molecule has 0 aromatic heterocycles. The summed E-state index contributed by atoms with van der Waals surface area (Å²) < 4.78 is 45.3. The molecule has 10 heteroatoms. The minimum Gasteiger partial charge on any atom is -0.410 e. The Morgan fingerprint density at radius 1 is 1.14 bits per heavy atom. The molecule has 0 saturated carbocycles. The van der Waals surface area contributed by atoms with E-state index in [0.29, 0.717) is 0 Å². The Kier molecular flexibility index (Phi) is 5.39. The van der Waals surface area contributed by atoms with E-state index in [-0.39, 0.29) is 42.8 Å². The Labute approximate surface area is 158 Å². The van der Waals surface area contributed by atoms with E-state index >= 15 is 0 Å². The number of amides is 1. The molecule has 0 bridgehead atoms. The molecular weight excluding hydrogens is 379 g/mol. The first-order valence-corrected chi connectivity index (χ1v) is 8.38. The fourth-order valence-electron chi connectivity index (χ4n) is 2.98. The average molecular weight is 395 g/mol. The summed E-state index contributed by atoms with van der Waals surface area (Å²) in [5, 5.41) is 10.7. The third-order valence-electron chi connectivity index (χ3n) is 4.45. The minimum absolute atomic E-state index is 0.124. The second kappa shape index (κ2) is 7.75. The molecule has 0 aliphatic carbocycles. The number of nitro benzene ring substituents is 1. The maximum atomic E-state index is 13.4. The van der Waals surface area contributed by atoms with Gasteiger partial charge in [0.1, 0.15) is 5.75 Å². The third kappa shape index (κ3) is 4.00. The van der Waals surface area contributed by atoms with Crippen LogP contribution in [-0.2, 0) is 0 Å². The van der Waals surface area contributed by atoms with Crippen LogP contribution >= 0.6 is 0 Å². The van der Waals surface area contributed by atoms with Crippen molar-refractivity contribution >= 4 is 17.5 Å². The van der Waals surface area contributed by atoms with Crippen LogP contribution in [0.5, 0.6) is 5.75 Å². The molecular formula is C18H16F3N3O4. The Morgan fingerprint density at radius 3 is 2.29 bits per heavy atom. The smallest absolute Gasteiger partial charge is 0.410 e. The van der Waals surface area contributed by atoms with Gasteiger partial charge in [-0.3, -0.25) is 10.1 Å². The highest BCUT2D eigenvalue weighted by Crippen LogP contribution is 2.25. The highest BCUT2D eigenvalue weighted by atomic mass is 19.2. The number of halogens is 3. The van der Waals surface area contributed by atoms with Crippen molar-refractivity contribution in [3.8, 4) is 5.75 Å². The normalized spacial score (nSPS) is 16.8. The van der Waals surface area contributed by atoms with Gasteiger partial charge in [0.2, 0.25) is 0 Å². The minimum atomic E-state index is -1.53. The molecule has 1 atom stereocenters. The fraction of sp³-hybridized carbons (Fsp3) is 0.278. The largest absolute Gasteiger partial charge is 0.415 e. The molecule has 0 unspecified atom stereocenters. The number of ether oxygens (including phenoxy) is 1. The van der Waals surface area contributed by atoms with Crippen molar-refractivity contribution in [1.29, 1.82) is 0 Å². The van der Waals surface area contributed by atoms with Gasteiger partial charge in [-0.2, -0.15) is 0 Å². The monoisotopic (exact) mass is 395 g/mol. The molecule has 1 aliphatic rings. The van der Waals surface area contributed by atoms with E-state index in [2.05, 4.69) is 0 Å². The summed E-state index contributed by atoms with van der Waals surface area (Å²) in [4.78, 5) is 25.5. The van der Waals surface area contributed by atoms with Gasteiger partial charge < -0.3 is 14.5 Å². The van der Waals surface area contributed by atoms with Crippen molar-refractivity contribution < 1.29 is 27.6 Å². The number of nitro groups is 1. The molecule has 148 valence electrons. The van der Waals surface area contributed by atoms with E-state index in [1.807, 2.05) is 0 Å². The first-order chi connectivity index (χ1) is 13.3. The third-order valence-corrected chi connectivity index (χ3v) is 4.45. The molecule has 7 nitrogen and oxygen atoms in total. The molecule has 0 radical (unpaired) electrons. The molecule has 28 heavy (non-hydrogen) atoms. The van der Waals surface area contributed by atoms with Crippen LogP contribution < -0.4 is 9.64 Å². The van der Waals surface area contributed by atoms with Gasteiger partial charge in [-0.1, -0.05) is 0 Å². The standard InChI is InChI=1S/C18H16F3N3O4/c1-11-10-22(13-8-15(19)17(21)16(20)9-13)6-7-23(11)18(25)28-14-4-2-12(3-5-14)24(26)27/h2-5,8-9,11H,6-7,10H2,1H3/t11-/m1/s1. The summed E-state index contributed by atoms with van der Waals surface area (Å²) in [6.07, 6.45) is -0.641. The molecule has 1 aliphatic heterocycles. The van der Waals surface area contributed by atoms with Gasteiger partial charge >= 0.3 is 6.09 Å². The molecule has 3 rings (SSSR count). The maximum Gasteiger partial charge on any atom is 0.415 e. The predicted octanol–water partition coefficient (Wildman–Crippen LogP) is 3.72. The van der Waals surface area contributed by atoms with Crippen molar-refractivity contribution in [3.05, 3.63) is 64.0 Å². The van der Waals surface area contributed by atoms with Gasteiger partial charge in [-0.25, -0.2) is 18.0 Å². The number of anilines is 1. The number of hydrogen-bond acceptors (Lipinski definition) is 5. The van der Waals surface area contributed by atoms with E-state index < -0.39 is 28.5 Å². The van der Waals surface area contributed by atoms with Crippen molar-refractivity contribution in [2.45, 2.75) is 13.0 Å². The van der Waals surface area contributed by atoms with Crippen LogP contribution in [0.1, 0.15) is 6.92 Å². The van der Waals surface area contributed by atoms with Gasteiger partial charge in [0.25, 0.3) is 5.69 Å². The van der Waals surface area contributed by atoms with E-state index in [9.17, 15) is 28.1 Å². The van der Waals surface area contributed by atoms with E-state index in [1.165, 1.54) is 29.2 Å². The summed E-state index contributed by atoms with van der Waals surface area (Å²) in [5.74, 6) is -3.92. The van der Waals surface area contributed by atoms with Crippen LogP contribution in [0.2, 0.25) is 0 Å². The second-order valence-corrected chi connectivity index (χ2v) is 6.33. The summed E-state index contributed by atoms with van der Waals surface area (Å²) in [6, 6.07) is 6.56. The Morgan fingerprint density at radius 2 is 1.75 bits per heavy atom. The van der Waals surface area contributed by atoms with Crippen LogP contribution in [0.4, 0.5) is 29.3 Å². The zero-order valence-electron chi connectivity index (χ0n) is 14.8. The molecule has 1 amide bonds. The summed E-state index contributed by atoms with van der Waals surface area (Å²) >= 11 is 0. The van der Waals surface area contributed by atoms with Gasteiger partial charge in [0.15, 0.2) is 17.5 Å². The summed E-state index contributed by atoms with van der Waals surface area (Å²) in [6.45, 7) is 2.48. The lowest BCUT2D eigenvalue weighted by atomic mass is 10.1. The lowest BCUT2D eigenvalue weighted by molar-refractivity contribution is -0.384. The number of carbonyl (C=O) groups is 1.